The molecule has 1 amide bonds. The fourth-order valence-electron chi connectivity index (χ4n) is 1.99. The van der Waals surface area contributed by atoms with Gasteiger partial charge in [0.1, 0.15) is 0 Å². The molecule has 0 heterocycles. The smallest absolute Gasteiger partial charge is 0.251 e. The third kappa shape index (κ3) is 6.63. The topological polar surface area (TPSA) is 50.4 Å². The number of carbonyl (C=O) groups is 1. The van der Waals surface area contributed by atoms with Gasteiger partial charge < -0.3 is 15.4 Å². The van der Waals surface area contributed by atoms with Gasteiger partial charge in [-0.3, -0.25) is 4.79 Å². The summed E-state index contributed by atoms with van der Waals surface area (Å²) in [7, 11) is 0. The van der Waals surface area contributed by atoms with E-state index in [1.807, 2.05) is 25.1 Å². The molecule has 0 radical (unpaired) electrons. The van der Waals surface area contributed by atoms with E-state index in [1.54, 1.807) is 0 Å². The van der Waals surface area contributed by atoms with Crippen LogP contribution in [0, 0.1) is 6.92 Å². The summed E-state index contributed by atoms with van der Waals surface area (Å²) < 4.78 is 5.38. The molecule has 21 heavy (non-hydrogen) atoms. The number of hydrogen-bond acceptors (Lipinski definition) is 3. The van der Waals surface area contributed by atoms with E-state index in [4.69, 9.17) is 4.74 Å². The van der Waals surface area contributed by atoms with Crippen LogP contribution in [0.4, 0.5) is 5.69 Å². The molecule has 1 rings (SSSR count). The zero-order valence-electron chi connectivity index (χ0n) is 13.5. The Hall–Kier alpha value is -1.55. The molecular formula is C17H28N2O2. The lowest BCUT2D eigenvalue weighted by atomic mass is 10.1. The highest BCUT2D eigenvalue weighted by molar-refractivity contribution is 5.94. The molecule has 4 heteroatoms. The Kier molecular flexibility index (Phi) is 8.51. The Morgan fingerprint density at radius 3 is 2.62 bits per heavy atom. The molecule has 0 aliphatic carbocycles. The van der Waals surface area contributed by atoms with E-state index in [0.29, 0.717) is 18.7 Å². The average molecular weight is 292 g/mol. The lowest BCUT2D eigenvalue weighted by Gasteiger charge is -2.11. The van der Waals surface area contributed by atoms with Crippen molar-refractivity contribution in [3.8, 4) is 0 Å². The van der Waals surface area contributed by atoms with Gasteiger partial charge in [0, 0.05) is 37.6 Å². The van der Waals surface area contributed by atoms with Crippen LogP contribution in [0.5, 0.6) is 0 Å². The van der Waals surface area contributed by atoms with E-state index >= 15 is 0 Å². The van der Waals surface area contributed by atoms with Gasteiger partial charge in [-0.25, -0.2) is 0 Å². The van der Waals surface area contributed by atoms with Gasteiger partial charge in [-0.1, -0.05) is 13.8 Å². The normalized spacial score (nSPS) is 10.4. The molecule has 1 aromatic carbocycles. The summed E-state index contributed by atoms with van der Waals surface area (Å²) in [6, 6.07) is 5.78. The number of carbonyl (C=O) groups excluding carboxylic acids is 1. The molecular weight excluding hydrogens is 264 g/mol. The molecule has 4 nitrogen and oxygen atoms in total. The van der Waals surface area contributed by atoms with Crippen LogP contribution in [0.1, 0.15) is 49.0 Å². The predicted molar refractivity (Wildman–Crippen MR) is 88.0 cm³/mol. The van der Waals surface area contributed by atoms with Crippen molar-refractivity contribution in [3.63, 3.8) is 0 Å². The third-order valence-electron chi connectivity index (χ3n) is 3.15. The number of aryl methyl sites for hydroxylation is 1. The van der Waals surface area contributed by atoms with Crippen LogP contribution < -0.4 is 10.6 Å². The maximum absolute atomic E-state index is 12.0. The maximum atomic E-state index is 12.0. The van der Waals surface area contributed by atoms with E-state index < -0.39 is 0 Å². The van der Waals surface area contributed by atoms with E-state index in [0.717, 1.165) is 43.7 Å². The highest BCUT2D eigenvalue weighted by atomic mass is 16.5. The molecule has 0 aliphatic rings. The number of hydrogen-bond donors (Lipinski definition) is 2. The van der Waals surface area contributed by atoms with Crippen molar-refractivity contribution in [3.05, 3.63) is 29.3 Å². The largest absolute Gasteiger partial charge is 0.385 e. The Bertz CT molecular complexity index is 433. The van der Waals surface area contributed by atoms with Crippen molar-refractivity contribution in [2.75, 3.05) is 31.6 Å². The van der Waals surface area contributed by atoms with Crippen LogP contribution in [-0.2, 0) is 4.74 Å². The fourth-order valence-corrected chi connectivity index (χ4v) is 1.99. The Morgan fingerprint density at radius 1 is 1.14 bits per heavy atom. The van der Waals surface area contributed by atoms with Crippen molar-refractivity contribution in [1.82, 2.24) is 5.32 Å². The Labute approximate surface area is 128 Å². The molecule has 0 bridgehead atoms. The number of amides is 1. The minimum absolute atomic E-state index is 0.0179. The van der Waals surface area contributed by atoms with Crippen molar-refractivity contribution in [2.45, 2.75) is 40.0 Å². The number of rotatable bonds is 10. The Morgan fingerprint density at radius 2 is 1.95 bits per heavy atom. The quantitative estimate of drug-likeness (QED) is 0.650. The van der Waals surface area contributed by atoms with Crippen LogP contribution in [0.2, 0.25) is 0 Å². The van der Waals surface area contributed by atoms with Gasteiger partial charge in [0.15, 0.2) is 0 Å². The van der Waals surface area contributed by atoms with Gasteiger partial charge in [-0.2, -0.15) is 0 Å². The summed E-state index contributed by atoms with van der Waals surface area (Å²) in [6.07, 6.45) is 2.96. The highest BCUT2D eigenvalue weighted by Crippen LogP contribution is 2.16. The van der Waals surface area contributed by atoms with Crippen LogP contribution >= 0.6 is 0 Å². The molecule has 118 valence electrons. The van der Waals surface area contributed by atoms with Crippen LogP contribution in [-0.4, -0.2) is 32.2 Å². The first-order valence-electron chi connectivity index (χ1n) is 7.89. The zero-order valence-corrected chi connectivity index (χ0v) is 13.5. The second-order valence-corrected chi connectivity index (χ2v) is 5.18. The molecule has 0 unspecified atom stereocenters. The van der Waals surface area contributed by atoms with Crippen LogP contribution in [0.3, 0.4) is 0 Å². The molecule has 0 aromatic heterocycles. The molecule has 0 saturated heterocycles. The molecule has 1 aromatic rings. The van der Waals surface area contributed by atoms with E-state index in [-0.39, 0.29) is 5.91 Å². The summed E-state index contributed by atoms with van der Waals surface area (Å²) in [6.45, 7) is 9.33. The monoisotopic (exact) mass is 292 g/mol. The van der Waals surface area contributed by atoms with Gasteiger partial charge in [0.05, 0.1) is 0 Å². The van der Waals surface area contributed by atoms with Crippen molar-refractivity contribution in [2.24, 2.45) is 0 Å². The van der Waals surface area contributed by atoms with Crippen molar-refractivity contribution in [1.29, 1.82) is 0 Å². The minimum Gasteiger partial charge on any atom is -0.385 e. The molecule has 0 atom stereocenters. The molecule has 0 spiro atoms. The third-order valence-corrected chi connectivity index (χ3v) is 3.15. The summed E-state index contributed by atoms with van der Waals surface area (Å²) in [5.41, 5.74) is 2.91. The minimum atomic E-state index is -0.0179. The second kappa shape index (κ2) is 10.2. The van der Waals surface area contributed by atoms with E-state index in [9.17, 15) is 4.79 Å². The fraction of sp³-hybridized carbons (Fsp3) is 0.588. The number of ether oxygens (including phenoxy) is 1. The van der Waals surface area contributed by atoms with Crippen LogP contribution in [0.15, 0.2) is 18.2 Å². The molecule has 0 aliphatic heterocycles. The predicted octanol–water partition coefficient (Wildman–Crippen LogP) is 3.36. The lowest BCUT2D eigenvalue weighted by molar-refractivity contribution is 0.0941. The molecule has 0 fully saturated rings. The molecule has 2 N–H and O–H groups in total. The van der Waals surface area contributed by atoms with E-state index in [1.165, 1.54) is 0 Å². The Balaban J connectivity index is 2.38. The average Bonchev–Trinajstić information content (AvgIpc) is 2.49. The zero-order chi connectivity index (χ0) is 15.5. The van der Waals surface area contributed by atoms with Crippen molar-refractivity contribution >= 4 is 11.6 Å². The van der Waals surface area contributed by atoms with Crippen LogP contribution in [0.25, 0.3) is 0 Å². The van der Waals surface area contributed by atoms with Gasteiger partial charge in [0.2, 0.25) is 0 Å². The first-order chi connectivity index (χ1) is 10.2. The highest BCUT2D eigenvalue weighted by Gasteiger charge is 2.07. The summed E-state index contributed by atoms with van der Waals surface area (Å²) in [5, 5.41) is 6.28. The van der Waals surface area contributed by atoms with Crippen molar-refractivity contribution < 1.29 is 9.53 Å². The van der Waals surface area contributed by atoms with Gasteiger partial charge in [-0.05, 0) is 49.9 Å². The summed E-state index contributed by atoms with van der Waals surface area (Å²) in [4.78, 5) is 12.0. The number of benzene rings is 1. The summed E-state index contributed by atoms with van der Waals surface area (Å²) >= 11 is 0. The summed E-state index contributed by atoms with van der Waals surface area (Å²) in [5.74, 6) is -0.0179. The number of nitrogens with one attached hydrogen (secondary N) is 2. The molecule has 0 saturated carbocycles. The first kappa shape index (κ1) is 17.5. The first-order valence-corrected chi connectivity index (χ1v) is 7.89. The second-order valence-electron chi connectivity index (χ2n) is 5.18. The lowest BCUT2D eigenvalue weighted by Crippen LogP contribution is -2.25. The SMILES string of the molecule is CCCNc1ccc(C(=O)NCCCOCCC)cc1C. The van der Waals surface area contributed by atoms with Gasteiger partial charge >= 0.3 is 0 Å². The maximum Gasteiger partial charge on any atom is 0.251 e. The standard InChI is InChI=1S/C17H28N2O2/c1-4-9-18-16-8-7-15(13-14(16)3)17(20)19-10-6-12-21-11-5-2/h7-8,13,18H,4-6,9-12H2,1-3H3,(H,19,20). The number of anilines is 1. The van der Waals surface area contributed by atoms with E-state index in [2.05, 4.69) is 24.5 Å². The van der Waals surface area contributed by atoms with Gasteiger partial charge in [0.25, 0.3) is 5.91 Å². The van der Waals surface area contributed by atoms with Gasteiger partial charge in [-0.15, -0.1) is 0 Å².